The van der Waals surface area contributed by atoms with Gasteiger partial charge >= 0.3 is 0 Å². The average molecular weight is 288 g/mol. The maximum absolute atomic E-state index is 5.90. The number of halogens is 2. The van der Waals surface area contributed by atoms with Crippen LogP contribution in [0.4, 0.5) is 0 Å². The molecule has 0 saturated carbocycles. The second kappa shape index (κ2) is 6.16. The number of guanidine groups is 1. The lowest BCUT2D eigenvalue weighted by atomic mass is 10.3. The average Bonchev–Trinajstić information content (AvgIpc) is 2.75. The van der Waals surface area contributed by atoms with Crippen molar-refractivity contribution in [3.63, 3.8) is 0 Å². The van der Waals surface area contributed by atoms with Crippen LogP contribution in [-0.2, 0) is 0 Å². The third-order valence-corrected chi connectivity index (χ3v) is 3.34. The second-order valence-electron chi connectivity index (χ2n) is 3.98. The van der Waals surface area contributed by atoms with Crippen LogP contribution < -0.4 is 10.1 Å². The molecule has 0 aliphatic carbocycles. The van der Waals surface area contributed by atoms with E-state index in [2.05, 4.69) is 15.2 Å². The zero-order valence-electron chi connectivity index (χ0n) is 10.1. The molecule has 1 aliphatic heterocycles. The van der Waals surface area contributed by atoms with Crippen LogP contribution in [0.25, 0.3) is 0 Å². The summed E-state index contributed by atoms with van der Waals surface area (Å²) in [5.74, 6) is 1.64. The van der Waals surface area contributed by atoms with Gasteiger partial charge in [-0.1, -0.05) is 23.2 Å². The summed E-state index contributed by atoms with van der Waals surface area (Å²) in [6.45, 7) is 3.07. The van der Waals surface area contributed by atoms with Gasteiger partial charge in [-0.05, 0) is 12.1 Å². The summed E-state index contributed by atoms with van der Waals surface area (Å²) in [7, 11) is 2.01. The minimum atomic E-state index is 0.502. The molecule has 0 bridgehead atoms. The molecule has 1 heterocycles. The van der Waals surface area contributed by atoms with E-state index in [1.54, 1.807) is 18.2 Å². The molecule has 0 atom stereocenters. The Morgan fingerprint density at radius 2 is 2.22 bits per heavy atom. The fraction of sp³-hybridized carbons (Fsp3) is 0.417. The van der Waals surface area contributed by atoms with Crippen LogP contribution >= 0.6 is 23.2 Å². The number of likely N-dealkylation sites (N-methyl/N-ethyl adjacent to an activating group) is 1. The van der Waals surface area contributed by atoms with E-state index in [1.807, 2.05) is 7.05 Å². The Balaban J connectivity index is 1.73. The van der Waals surface area contributed by atoms with Crippen LogP contribution in [0.2, 0.25) is 10.0 Å². The van der Waals surface area contributed by atoms with Crippen LogP contribution in [0.5, 0.6) is 5.75 Å². The maximum Gasteiger partial charge on any atom is 0.193 e. The van der Waals surface area contributed by atoms with E-state index in [4.69, 9.17) is 27.9 Å². The minimum absolute atomic E-state index is 0.502. The summed E-state index contributed by atoms with van der Waals surface area (Å²) in [6.07, 6.45) is 0. The first-order valence-corrected chi connectivity index (χ1v) is 6.50. The van der Waals surface area contributed by atoms with Gasteiger partial charge in [0.15, 0.2) is 5.96 Å². The highest BCUT2D eigenvalue weighted by Gasteiger charge is 2.10. The van der Waals surface area contributed by atoms with Crippen LogP contribution in [-0.4, -0.2) is 44.1 Å². The number of hydrogen-bond donors (Lipinski definition) is 1. The summed E-state index contributed by atoms with van der Waals surface area (Å²) in [4.78, 5) is 6.41. The summed E-state index contributed by atoms with van der Waals surface area (Å²) >= 11 is 11.7. The Labute approximate surface area is 117 Å². The predicted octanol–water partition coefficient (Wildman–Crippen LogP) is 2.26. The van der Waals surface area contributed by atoms with Crippen molar-refractivity contribution in [1.82, 2.24) is 10.2 Å². The number of benzene rings is 1. The molecule has 0 amide bonds. The highest BCUT2D eigenvalue weighted by atomic mass is 35.5. The molecule has 1 aromatic carbocycles. The molecular weight excluding hydrogens is 273 g/mol. The Bertz CT molecular complexity index is 451. The van der Waals surface area contributed by atoms with Crippen LogP contribution in [0, 0.1) is 0 Å². The zero-order chi connectivity index (χ0) is 13.0. The van der Waals surface area contributed by atoms with Crippen molar-refractivity contribution >= 4 is 29.2 Å². The fourth-order valence-electron chi connectivity index (χ4n) is 1.62. The van der Waals surface area contributed by atoms with Crippen molar-refractivity contribution in [3.05, 3.63) is 28.2 Å². The van der Waals surface area contributed by atoms with Crippen molar-refractivity contribution in [3.8, 4) is 5.75 Å². The molecule has 1 N–H and O–H groups in total. The number of rotatable bonds is 4. The van der Waals surface area contributed by atoms with Crippen LogP contribution in [0.15, 0.2) is 23.2 Å². The predicted molar refractivity (Wildman–Crippen MR) is 74.9 cm³/mol. The molecule has 4 nitrogen and oxygen atoms in total. The molecule has 1 aromatic rings. The van der Waals surface area contributed by atoms with E-state index in [-0.39, 0.29) is 0 Å². The van der Waals surface area contributed by atoms with Gasteiger partial charge in [0.2, 0.25) is 0 Å². The monoisotopic (exact) mass is 287 g/mol. The standard InChI is InChI=1S/C12H15Cl2N3O/c1-17-6-4-15-12(17)16-5-7-18-9-2-3-10(13)11(14)8-9/h2-3,8H,4-7H2,1H3,(H,15,16). The lowest BCUT2D eigenvalue weighted by Crippen LogP contribution is -2.37. The quantitative estimate of drug-likeness (QED) is 0.863. The highest BCUT2D eigenvalue weighted by molar-refractivity contribution is 6.42. The normalized spacial score (nSPS) is 14.6. The molecular formula is C12H15Cl2N3O. The van der Waals surface area contributed by atoms with E-state index < -0.39 is 0 Å². The van der Waals surface area contributed by atoms with Crippen LogP contribution in [0.3, 0.4) is 0 Å². The lowest BCUT2D eigenvalue weighted by Gasteiger charge is -2.15. The van der Waals surface area contributed by atoms with E-state index in [0.29, 0.717) is 28.9 Å². The van der Waals surface area contributed by atoms with E-state index in [0.717, 1.165) is 19.0 Å². The van der Waals surface area contributed by atoms with Crippen molar-refractivity contribution in [2.75, 3.05) is 33.3 Å². The van der Waals surface area contributed by atoms with Gasteiger partial charge < -0.3 is 15.0 Å². The van der Waals surface area contributed by atoms with Crippen molar-refractivity contribution in [2.45, 2.75) is 0 Å². The summed E-state index contributed by atoms with van der Waals surface area (Å²) in [5.41, 5.74) is 0. The van der Waals surface area contributed by atoms with E-state index >= 15 is 0 Å². The van der Waals surface area contributed by atoms with Gasteiger partial charge in [-0.25, -0.2) is 0 Å². The molecule has 0 fully saturated rings. The summed E-state index contributed by atoms with van der Waals surface area (Å²) < 4.78 is 5.56. The first kappa shape index (κ1) is 13.3. The fourth-order valence-corrected chi connectivity index (χ4v) is 1.91. The Morgan fingerprint density at radius 3 is 2.89 bits per heavy atom. The van der Waals surface area contributed by atoms with Gasteiger partial charge in [0, 0.05) is 19.7 Å². The van der Waals surface area contributed by atoms with Crippen molar-refractivity contribution in [1.29, 1.82) is 0 Å². The molecule has 0 saturated heterocycles. The molecule has 0 aromatic heterocycles. The first-order chi connectivity index (χ1) is 8.66. The summed E-state index contributed by atoms with van der Waals surface area (Å²) in [6, 6.07) is 5.23. The Hall–Kier alpha value is -1.13. The lowest BCUT2D eigenvalue weighted by molar-refractivity contribution is 0.320. The number of nitrogens with zero attached hydrogens (tertiary/aromatic N) is 2. The molecule has 18 heavy (non-hydrogen) atoms. The SMILES string of the molecule is CN1CCN=C1NCCOc1ccc(Cl)c(Cl)c1. The van der Waals surface area contributed by atoms with Crippen molar-refractivity contribution in [2.24, 2.45) is 4.99 Å². The third-order valence-electron chi connectivity index (χ3n) is 2.60. The molecule has 6 heteroatoms. The van der Waals surface area contributed by atoms with Gasteiger partial charge in [-0.15, -0.1) is 0 Å². The maximum atomic E-state index is 5.90. The molecule has 0 radical (unpaired) electrons. The molecule has 98 valence electrons. The Morgan fingerprint density at radius 1 is 1.39 bits per heavy atom. The molecule has 1 aliphatic rings. The number of hydrogen-bond acceptors (Lipinski definition) is 4. The van der Waals surface area contributed by atoms with E-state index in [1.165, 1.54) is 0 Å². The largest absolute Gasteiger partial charge is 0.492 e. The number of ether oxygens (including phenoxy) is 1. The molecule has 2 rings (SSSR count). The summed E-state index contributed by atoms with van der Waals surface area (Å²) in [5, 5.41) is 4.25. The topological polar surface area (TPSA) is 36.9 Å². The van der Waals surface area contributed by atoms with Gasteiger partial charge in [0.1, 0.15) is 12.4 Å². The second-order valence-corrected chi connectivity index (χ2v) is 4.79. The molecule has 0 unspecified atom stereocenters. The smallest absolute Gasteiger partial charge is 0.193 e. The zero-order valence-corrected chi connectivity index (χ0v) is 11.6. The van der Waals surface area contributed by atoms with E-state index in [9.17, 15) is 0 Å². The van der Waals surface area contributed by atoms with Gasteiger partial charge in [-0.3, -0.25) is 4.99 Å². The number of aliphatic imine (C=N–C) groups is 1. The molecule has 0 spiro atoms. The highest BCUT2D eigenvalue weighted by Crippen LogP contribution is 2.26. The minimum Gasteiger partial charge on any atom is -0.492 e. The van der Waals surface area contributed by atoms with Crippen LogP contribution in [0.1, 0.15) is 0 Å². The van der Waals surface area contributed by atoms with Gasteiger partial charge in [0.05, 0.1) is 23.1 Å². The van der Waals surface area contributed by atoms with Gasteiger partial charge in [-0.2, -0.15) is 0 Å². The Kier molecular flexibility index (Phi) is 4.55. The van der Waals surface area contributed by atoms with Gasteiger partial charge in [0.25, 0.3) is 0 Å². The number of nitrogens with one attached hydrogen (secondary N) is 1. The first-order valence-electron chi connectivity index (χ1n) is 5.74. The third kappa shape index (κ3) is 3.43. The van der Waals surface area contributed by atoms with Crippen molar-refractivity contribution < 1.29 is 4.74 Å².